The molecule has 0 aliphatic carbocycles. The Morgan fingerprint density at radius 1 is 0.971 bits per heavy atom. The Labute approximate surface area is 196 Å². The molecule has 3 aromatic carbocycles. The molecule has 172 valence electrons. The van der Waals surface area contributed by atoms with Gasteiger partial charge >= 0.3 is 0 Å². The van der Waals surface area contributed by atoms with E-state index in [1.54, 1.807) is 61.7 Å². The van der Waals surface area contributed by atoms with Gasteiger partial charge in [0.15, 0.2) is 11.5 Å². The fourth-order valence-corrected chi connectivity index (χ4v) is 4.27. The summed E-state index contributed by atoms with van der Waals surface area (Å²) < 4.78 is 16.7. The van der Waals surface area contributed by atoms with Crippen LogP contribution < -0.4 is 19.1 Å². The number of ether oxygens (including phenoxy) is 3. The highest BCUT2D eigenvalue weighted by atomic mass is 16.6. The van der Waals surface area contributed by atoms with Crippen molar-refractivity contribution in [3.8, 4) is 17.2 Å². The largest absolute Gasteiger partial charge is 0.507 e. The molecule has 0 bridgehead atoms. The molecular weight excluding hydrogens is 434 g/mol. The van der Waals surface area contributed by atoms with E-state index in [0.29, 0.717) is 47.3 Å². The Kier molecular flexibility index (Phi) is 5.45. The first-order valence-corrected chi connectivity index (χ1v) is 10.9. The summed E-state index contributed by atoms with van der Waals surface area (Å²) in [7, 11) is 1.54. The second kappa shape index (κ2) is 8.59. The molecule has 1 saturated heterocycles. The predicted octanol–water partition coefficient (Wildman–Crippen LogP) is 4.40. The van der Waals surface area contributed by atoms with Crippen LogP contribution in [0.2, 0.25) is 0 Å². The molecule has 2 aliphatic rings. The topological polar surface area (TPSA) is 85.3 Å². The van der Waals surface area contributed by atoms with E-state index in [1.165, 1.54) is 4.90 Å². The Balaban J connectivity index is 1.70. The normalized spacial score (nSPS) is 18.8. The quantitative estimate of drug-likeness (QED) is 0.355. The third-order valence-electron chi connectivity index (χ3n) is 5.98. The number of nitrogens with zero attached hydrogens (tertiary/aromatic N) is 1. The van der Waals surface area contributed by atoms with E-state index in [0.717, 1.165) is 5.56 Å². The first-order chi connectivity index (χ1) is 16.5. The number of anilines is 1. The zero-order valence-electron chi connectivity index (χ0n) is 18.8. The summed E-state index contributed by atoms with van der Waals surface area (Å²) in [5.74, 6) is -0.0940. The van der Waals surface area contributed by atoms with Gasteiger partial charge in [0, 0.05) is 17.3 Å². The van der Waals surface area contributed by atoms with Crippen molar-refractivity contribution in [1.82, 2.24) is 0 Å². The van der Waals surface area contributed by atoms with Gasteiger partial charge in [-0.25, -0.2) is 0 Å². The molecule has 7 heteroatoms. The molecule has 1 atom stereocenters. The van der Waals surface area contributed by atoms with Gasteiger partial charge in [-0.3, -0.25) is 14.5 Å². The molecule has 1 unspecified atom stereocenters. The third-order valence-corrected chi connectivity index (χ3v) is 5.98. The molecule has 0 spiro atoms. The van der Waals surface area contributed by atoms with Crippen molar-refractivity contribution < 1.29 is 28.9 Å². The van der Waals surface area contributed by atoms with E-state index >= 15 is 0 Å². The van der Waals surface area contributed by atoms with Crippen molar-refractivity contribution in [3.63, 3.8) is 0 Å². The highest BCUT2D eigenvalue weighted by Crippen LogP contribution is 2.45. The summed E-state index contributed by atoms with van der Waals surface area (Å²) in [5, 5.41) is 11.2. The number of carbonyl (C=O) groups excluding carboxylic acids is 2. The van der Waals surface area contributed by atoms with Gasteiger partial charge in [-0.1, -0.05) is 42.0 Å². The number of carbonyl (C=O) groups is 2. The fourth-order valence-electron chi connectivity index (χ4n) is 4.27. The van der Waals surface area contributed by atoms with Crippen LogP contribution in [-0.4, -0.2) is 37.1 Å². The number of ketones is 1. The van der Waals surface area contributed by atoms with Crippen molar-refractivity contribution in [2.24, 2.45) is 0 Å². The van der Waals surface area contributed by atoms with Crippen LogP contribution in [0.25, 0.3) is 5.76 Å². The molecule has 0 saturated carbocycles. The number of fused-ring (bicyclic) bond motifs is 1. The number of amides is 1. The van der Waals surface area contributed by atoms with Gasteiger partial charge in [0.25, 0.3) is 11.7 Å². The maximum absolute atomic E-state index is 13.3. The number of rotatable bonds is 4. The van der Waals surface area contributed by atoms with Crippen molar-refractivity contribution in [2.75, 3.05) is 25.2 Å². The second-order valence-corrected chi connectivity index (χ2v) is 8.14. The lowest BCUT2D eigenvalue weighted by Crippen LogP contribution is -2.29. The van der Waals surface area contributed by atoms with Crippen LogP contribution in [0.1, 0.15) is 22.7 Å². The number of benzene rings is 3. The van der Waals surface area contributed by atoms with Crippen LogP contribution in [0.4, 0.5) is 5.69 Å². The summed E-state index contributed by atoms with van der Waals surface area (Å²) in [6.45, 7) is 2.76. The standard InChI is InChI=1S/C27H23NO6/c1-16-6-8-17(9-7-16)25(29)23-24(18-4-3-5-20(14-18)32-2)28(27(31)26(23)30)19-10-11-21-22(15-19)34-13-12-33-21/h3-11,14-15,24,29H,12-13H2,1-2H3/b25-23+. The number of methoxy groups -OCH3 is 1. The van der Waals surface area contributed by atoms with Crippen molar-refractivity contribution in [2.45, 2.75) is 13.0 Å². The lowest BCUT2D eigenvalue weighted by molar-refractivity contribution is -0.132. The molecule has 0 aromatic heterocycles. The summed E-state index contributed by atoms with van der Waals surface area (Å²) >= 11 is 0. The van der Waals surface area contributed by atoms with Crippen LogP contribution in [0.15, 0.2) is 72.3 Å². The molecule has 1 fully saturated rings. The maximum Gasteiger partial charge on any atom is 0.300 e. The summed E-state index contributed by atoms with van der Waals surface area (Å²) in [6, 6.07) is 18.5. The summed E-state index contributed by atoms with van der Waals surface area (Å²) in [4.78, 5) is 28.0. The molecule has 1 N–H and O–H groups in total. The second-order valence-electron chi connectivity index (χ2n) is 8.14. The van der Waals surface area contributed by atoms with Gasteiger partial charge < -0.3 is 19.3 Å². The molecule has 2 aliphatic heterocycles. The Hall–Kier alpha value is -4.26. The molecule has 34 heavy (non-hydrogen) atoms. The van der Waals surface area contributed by atoms with Crippen LogP contribution in [0.3, 0.4) is 0 Å². The minimum Gasteiger partial charge on any atom is -0.507 e. The average molecular weight is 457 g/mol. The van der Waals surface area contributed by atoms with Crippen molar-refractivity contribution in [1.29, 1.82) is 0 Å². The molecule has 2 heterocycles. The van der Waals surface area contributed by atoms with Crippen LogP contribution in [0.5, 0.6) is 17.2 Å². The number of hydrogen-bond acceptors (Lipinski definition) is 6. The highest BCUT2D eigenvalue weighted by Gasteiger charge is 2.47. The third kappa shape index (κ3) is 3.65. The molecule has 3 aromatic rings. The monoisotopic (exact) mass is 457 g/mol. The number of aryl methyl sites for hydroxylation is 1. The number of aliphatic hydroxyl groups excluding tert-OH is 1. The van der Waals surface area contributed by atoms with Gasteiger partial charge in [-0.2, -0.15) is 0 Å². The SMILES string of the molecule is COc1cccc(C2/C(=C(\O)c3ccc(C)cc3)C(=O)C(=O)N2c2ccc3c(c2)OCCO3)c1. The first kappa shape index (κ1) is 21.6. The lowest BCUT2D eigenvalue weighted by atomic mass is 9.94. The van der Waals surface area contributed by atoms with Crippen LogP contribution in [-0.2, 0) is 9.59 Å². The van der Waals surface area contributed by atoms with E-state index in [-0.39, 0.29) is 11.3 Å². The Morgan fingerprint density at radius 2 is 1.71 bits per heavy atom. The van der Waals surface area contributed by atoms with E-state index in [2.05, 4.69) is 0 Å². The summed E-state index contributed by atoms with van der Waals surface area (Å²) in [5.41, 5.74) is 2.57. The minimum atomic E-state index is -0.862. The van der Waals surface area contributed by atoms with Crippen LogP contribution >= 0.6 is 0 Å². The first-order valence-electron chi connectivity index (χ1n) is 10.9. The fraction of sp³-hybridized carbons (Fsp3) is 0.185. The predicted molar refractivity (Wildman–Crippen MR) is 126 cm³/mol. The maximum atomic E-state index is 13.3. The summed E-state index contributed by atoms with van der Waals surface area (Å²) in [6.07, 6.45) is 0. The molecule has 0 radical (unpaired) electrons. The smallest absolute Gasteiger partial charge is 0.300 e. The van der Waals surface area contributed by atoms with Crippen molar-refractivity contribution in [3.05, 3.63) is 89.0 Å². The lowest BCUT2D eigenvalue weighted by Gasteiger charge is -2.27. The zero-order chi connectivity index (χ0) is 23.8. The average Bonchev–Trinajstić information content (AvgIpc) is 3.14. The molecule has 5 rings (SSSR count). The van der Waals surface area contributed by atoms with E-state index in [4.69, 9.17) is 14.2 Å². The molecular formula is C27H23NO6. The minimum absolute atomic E-state index is 0.0111. The highest BCUT2D eigenvalue weighted by molar-refractivity contribution is 6.51. The van der Waals surface area contributed by atoms with E-state index < -0.39 is 17.7 Å². The Morgan fingerprint density at radius 3 is 2.44 bits per heavy atom. The Bertz CT molecular complexity index is 1310. The number of aliphatic hydroxyl groups is 1. The van der Waals surface area contributed by atoms with E-state index in [9.17, 15) is 14.7 Å². The van der Waals surface area contributed by atoms with Gasteiger partial charge in [0.05, 0.1) is 18.7 Å². The van der Waals surface area contributed by atoms with E-state index in [1.807, 2.05) is 19.1 Å². The molecule has 1 amide bonds. The zero-order valence-corrected chi connectivity index (χ0v) is 18.8. The van der Waals surface area contributed by atoms with Gasteiger partial charge in [-0.05, 0) is 36.8 Å². The number of Topliss-reactive ketones (excluding diaryl/α,β-unsaturated/α-hetero) is 1. The van der Waals surface area contributed by atoms with Gasteiger partial charge in [0.1, 0.15) is 24.7 Å². The van der Waals surface area contributed by atoms with Gasteiger partial charge in [0.2, 0.25) is 0 Å². The van der Waals surface area contributed by atoms with Gasteiger partial charge in [-0.15, -0.1) is 0 Å². The van der Waals surface area contributed by atoms with Crippen molar-refractivity contribution >= 4 is 23.1 Å². The molecule has 7 nitrogen and oxygen atoms in total. The number of hydrogen-bond donors (Lipinski definition) is 1. The van der Waals surface area contributed by atoms with Crippen LogP contribution in [0, 0.1) is 6.92 Å².